The first-order valence-electron chi connectivity index (χ1n) is 13.4. The van der Waals surface area contributed by atoms with Crippen molar-refractivity contribution in [1.29, 1.82) is 0 Å². The van der Waals surface area contributed by atoms with Crippen molar-refractivity contribution in [3.63, 3.8) is 0 Å². The molecule has 2 aliphatic carbocycles. The number of ketones is 1. The maximum atomic E-state index is 13.7. The smallest absolute Gasteiger partial charge is 0.345 e. The first-order chi connectivity index (χ1) is 20.1. The van der Waals surface area contributed by atoms with Crippen molar-refractivity contribution in [2.24, 2.45) is 23.7 Å². The number of nitrogens with zero attached hydrogens (tertiary/aromatic N) is 2. The summed E-state index contributed by atoms with van der Waals surface area (Å²) in [5.41, 5.74) is 0.485. The van der Waals surface area contributed by atoms with E-state index in [1.165, 1.54) is 66.7 Å². The molecule has 3 aromatic carbocycles. The number of halogens is 3. The van der Waals surface area contributed by atoms with Gasteiger partial charge in [-0.05, 0) is 97.8 Å². The Morgan fingerprint density at radius 2 is 1.36 bits per heavy atom. The van der Waals surface area contributed by atoms with Crippen LogP contribution in [0, 0.1) is 23.7 Å². The summed E-state index contributed by atoms with van der Waals surface area (Å²) < 4.78 is 5.37. The van der Waals surface area contributed by atoms with E-state index in [4.69, 9.17) is 39.5 Å². The predicted molar refractivity (Wildman–Crippen MR) is 154 cm³/mol. The third-order valence-corrected chi connectivity index (χ3v) is 9.10. The summed E-state index contributed by atoms with van der Waals surface area (Å²) in [7, 11) is 0. The van der Waals surface area contributed by atoms with Gasteiger partial charge in [0.15, 0.2) is 5.78 Å². The number of Topliss-reactive ketones (excluding diaryl/α,β-unsaturated/α-hetero) is 1. The number of imide groups is 1. The van der Waals surface area contributed by atoms with Crippen LogP contribution >= 0.6 is 34.8 Å². The lowest BCUT2D eigenvalue weighted by Crippen LogP contribution is -2.52. The molecule has 2 saturated carbocycles. The number of benzene rings is 3. The van der Waals surface area contributed by atoms with Gasteiger partial charge in [-0.15, -0.1) is 0 Å². The number of esters is 1. The second kappa shape index (κ2) is 11.2. The molecule has 42 heavy (non-hydrogen) atoms. The fourth-order valence-corrected chi connectivity index (χ4v) is 6.97. The summed E-state index contributed by atoms with van der Waals surface area (Å²) in [6.45, 7) is -0.548. The van der Waals surface area contributed by atoms with Crippen LogP contribution in [0.15, 0.2) is 66.7 Å². The molecule has 1 saturated heterocycles. The number of hydrazine groups is 1. The third-order valence-electron chi connectivity index (χ3n) is 8.30. The van der Waals surface area contributed by atoms with Gasteiger partial charge in [0.2, 0.25) is 0 Å². The molecule has 0 unspecified atom stereocenters. The molecule has 0 N–H and O–H groups in total. The molecular formula is C31H23Cl3N2O6. The van der Waals surface area contributed by atoms with Crippen LogP contribution in [0.5, 0.6) is 5.75 Å². The van der Waals surface area contributed by atoms with Gasteiger partial charge in [0.05, 0.1) is 22.4 Å². The van der Waals surface area contributed by atoms with Crippen molar-refractivity contribution in [2.75, 3.05) is 6.54 Å². The van der Waals surface area contributed by atoms with Crippen molar-refractivity contribution in [1.82, 2.24) is 10.0 Å². The highest BCUT2D eigenvalue weighted by atomic mass is 35.5. The number of rotatable bonds is 7. The molecule has 0 radical (unpaired) electrons. The first kappa shape index (κ1) is 28.4. The van der Waals surface area contributed by atoms with Gasteiger partial charge in [-0.3, -0.25) is 19.2 Å². The van der Waals surface area contributed by atoms with E-state index in [-0.39, 0.29) is 39.3 Å². The lowest BCUT2D eigenvalue weighted by molar-refractivity contribution is -0.155. The molecule has 6 rings (SSSR count). The average Bonchev–Trinajstić information content (AvgIpc) is 3.65. The Labute approximate surface area is 256 Å². The van der Waals surface area contributed by atoms with Gasteiger partial charge in [0, 0.05) is 21.2 Å². The van der Waals surface area contributed by atoms with Crippen molar-refractivity contribution >= 4 is 64.3 Å². The minimum Gasteiger partial charge on any atom is -0.423 e. The average molecular weight is 626 g/mol. The van der Waals surface area contributed by atoms with E-state index in [1.54, 1.807) is 0 Å². The normalized spacial score (nSPS) is 22.3. The molecule has 3 aliphatic rings. The maximum absolute atomic E-state index is 13.7. The highest BCUT2D eigenvalue weighted by molar-refractivity contribution is 6.36. The lowest BCUT2D eigenvalue weighted by Gasteiger charge is -2.30. The van der Waals surface area contributed by atoms with Crippen molar-refractivity contribution < 1.29 is 28.7 Å². The number of fused-ring (bicyclic) bond motifs is 5. The zero-order valence-corrected chi connectivity index (χ0v) is 24.2. The zero-order valence-electron chi connectivity index (χ0n) is 22.0. The van der Waals surface area contributed by atoms with Gasteiger partial charge < -0.3 is 4.74 Å². The summed E-state index contributed by atoms with van der Waals surface area (Å²) in [4.78, 5) is 66.8. The number of ether oxygens (including phenoxy) is 1. The molecule has 1 heterocycles. The van der Waals surface area contributed by atoms with Crippen LogP contribution in [0.25, 0.3) is 0 Å². The molecule has 0 spiro atoms. The molecule has 4 atom stereocenters. The van der Waals surface area contributed by atoms with Gasteiger partial charge in [-0.1, -0.05) is 34.8 Å². The van der Waals surface area contributed by atoms with Gasteiger partial charge in [-0.2, -0.15) is 5.01 Å². The van der Waals surface area contributed by atoms with E-state index in [0.29, 0.717) is 10.0 Å². The molecule has 0 aromatic heterocycles. The minimum absolute atomic E-state index is 0.114. The first-order valence-corrected chi connectivity index (χ1v) is 14.5. The molecule has 8 nitrogen and oxygen atoms in total. The predicted octanol–water partition coefficient (Wildman–Crippen LogP) is 6.14. The summed E-state index contributed by atoms with van der Waals surface area (Å²) in [6.07, 6.45) is 2.60. The summed E-state index contributed by atoms with van der Waals surface area (Å²) in [5, 5.41) is 2.75. The van der Waals surface area contributed by atoms with Crippen LogP contribution in [0.1, 0.15) is 50.3 Å². The summed E-state index contributed by atoms with van der Waals surface area (Å²) in [5.74, 6) is -3.30. The highest BCUT2D eigenvalue weighted by Crippen LogP contribution is 2.56. The fraction of sp³-hybridized carbons (Fsp3) is 0.258. The molecule has 3 aromatic rings. The molecule has 214 valence electrons. The van der Waals surface area contributed by atoms with Crippen LogP contribution in [0.4, 0.5) is 0 Å². The third kappa shape index (κ3) is 5.08. The number of hydrogen-bond acceptors (Lipinski definition) is 6. The van der Waals surface area contributed by atoms with Crippen LogP contribution in [0.3, 0.4) is 0 Å². The Morgan fingerprint density at radius 3 is 1.95 bits per heavy atom. The topological polar surface area (TPSA) is 101 Å². The largest absolute Gasteiger partial charge is 0.423 e. The fourth-order valence-electron chi connectivity index (χ4n) is 6.36. The van der Waals surface area contributed by atoms with E-state index in [2.05, 4.69) is 0 Å². The van der Waals surface area contributed by atoms with Crippen molar-refractivity contribution in [3.05, 3.63) is 98.5 Å². The Hall–Kier alpha value is -3.72. The molecule has 2 bridgehead atoms. The Balaban J connectivity index is 1.23. The molecule has 1 aliphatic heterocycles. The zero-order chi connectivity index (χ0) is 29.7. The van der Waals surface area contributed by atoms with E-state index in [1.807, 2.05) is 0 Å². The van der Waals surface area contributed by atoms with Gasteiger partial charge >= 0.3 is 5.97 Å². The van der Waals surface area contributed by atoms with Crippen LogP contribution in [0.2, 0.25) is 15.1 Å². The highest BCUT2D eigenvalue weighted by Gasteiger charge is 2.62. The quantitative estimate of drug-likeness (QED) is 0.135. The van der Waals surface area contributed by atoms with Crippen LogP contribution < -0.4 is 4.74 Å². The second-order valence-corrected chi connectivity index (χ2v) is 12.0. The van der Waals surface area contributed by atoms with Crippen LogP contribution in [-0.2, 0) is 9.59 Å². The van der Waals surface area contributed by atoms with E-state index >= 15 is 0 Å². The molecular weight excluding hydrogens is 603 g/mol. The number of amides is 3. The standard InChI is InChI=1S/C31H23Cl3N2O6/c32-20-7-3-17(4-8-20)28(38)35(36-29(39)26-18-1-2-19(13-18)27(26)30(36)40)15-25(37)16-5-10-22(11-6-16)42-31(41)23-12-9-21(33)14-24(23)34/h3-12,14,18-19,26-27H,1-2,13,15H2/t18-,19-,26-,27-/m0/s1. The lowest BCUT2D eigenvalue weighted by atomic mass is 9.81. The SMILES string of the molecule is O=C(CN(C(=O)c1ccc(Cl)cc1)N1C(=O)[C@H]2[C@H]3CC[C@@H](C3)[C@@H]2C1=O)c1ccc(OC(=O)c2ccc(Cl)cc2Cl)cc1. The Morgan fingerprint density at radius 1 is 0.786 bits per heavy atom. The molecule has 3 amide bonds. The van der Waals surface area contributed by atoms with E-state index in [9.17, 15) is 24.0 Å². The van der Waals surface area contributed by atoms with Crippen molar-refractivity contribution in [2.45, 2.75) is 19.3 Å². The summed E-state index contributed by atoms with van der Waals surface area (Å²) in [6, 6.07) is 16.1. The number of carbonyl (C=O) groups is 5. The number of hydrogen-bond donors (Lipinski definition) is 0. The van der Waals surface area contributed by atoms with Gasteiger partial charge in [0.25, 0.3) is 17.7 Å². The minimum atomic E-state index is -0.707. The van der Waals surface area contributed by atoms with Gasteiger partial charge in [-0.25, -0.2) is 9.80 Å². The monoisotopic (exact) mass is 624 g/mol. The van der Waals surface area contributed by atoms with Crippen molar-refractivity contribution in [3.8, 4) is 5.75 Å². The Kier molecular flexibility index (Phi) is 7.55. The number of carbonyl (C=O) groups excluding carboxylic acids is 5. The molecule has 11 heteroatoms. The van der Waals surface area contributed by atoms with Crippen LogP contribution in [-0.4, -0.2) is 46.0 Å². The maximum Gasteiger partial charge on any atom is 0.345 e. The van der Waals surface area contributed by atoms with Gasteiger partial charge in [0.1, 0.15) is 12.3 Å². The second-order valence-electron chi connectivity index (χ2n) is 10.7. The van der Waals surface area contributed by atoms with E-state index in [0.717, 1.165) is 29.3 Å². The summed E-state index contributed by atoms with van der Waals surface area (Å²) >= 11 is 18.0. The molecule has 3 fully saturated rings. The Bertz CT molecular complexity index is 1600. The van der Waals surface area contributed by atoms with E-state index < -0.39 is 47.9 Å².